The molecule has 136 valence electrons. The van der Waals surface area contributed by atoms with Crippen LogP contribution < -0.4 is 5.32 Å². The van der Waals surface area contributed by atoms with Crippen LogP contribution in [0, 0.1) is 5.92 Å². The van der Waals surface area contributed by atoms with E-state index in [-0.39, 0.29) is 18.4 Å². The smallest absolute Gasteiger partial charge is 0.256 e. The number of carbonyl (C=O) groups is 2. The molecular formula is C20H28N2O3. The van der Waals surface area contributed by atoms with E-state index in [9.17, 15) is 9.59 Å². The summed E-state index contributed by atoms with van der Waals surface area (Å²) in [4.78, 5) is 27.6. The number of rotatable bonds is 4. The first kappa shape index (κ1) is 17.9. The van der Waals surface area contributed by atoms with Gasteiger partial charge in [0.1, 0.15) is 11.8 Å². The Kier molecular flexibility index (Phi) is 5.42. The SMILES string of the molecule is CCCNC(=O)C1COC2(CCC(C)CC2)N1C(=O)c1ccccc1. The predicted molar refractivity (Wildman–Crippen MR) is 96.0 cm³/mol. The maximum absolute atomic E-state index is 13.3. The van der Waals surface area contributed by atoms with Gasteiger partial charge in [0, 0.05) is 12.1 Å². The third-order valence-corrected chi connectivity index (χ3v) is 5.41. The Hall–Kier alpha value is -1.88. The van der Waals surface area contributed by atoms with Gasteiger partial charge in [-0.1, -0.05) is 32.0 Å². The quantitative estimate of drug-likeness (QED) is 0.913. The highest BCUT2D eigenvalue weighted by Gasteiger charge is 2.53. The summed E-state index contributed by atoms with van der Waals surface area (Å²) in [5, 5.41) is 2.93. The van der Waals surface area contributed by atoms with Crippen molar-refractivity contribution < 1.29 is 14.3 Å². The van der Waals surface area contributed by atoms with Gasteiger partial charge in [0.05, 0.1) is 6.61 Å². The van der Waals surface area contributed by atoms with E-state index in [4.69, 9.17) is 4.74 Å². The standard InChI is InChI=1S/C20H28N2O3/c1-3-13-21-18(23)17-14-25-20(11-9-15(2)10-12-20)22(17)19(24)16-7-5-4-6-8-16/h4-8,15,17H,3,9-14H2,1-2H3,(H,21,23). The zero-order chi connectivity index (χ0) is 17.9. The van der Waals surface area contributed by atoms with Gasteiger partial charge < -0.3 is 10.1 Å². The van der Waals surface area contributed by atoms with Crippen LogP contribution in [0.2, 0.25) is 0 Å². The van der Waals surface area contributed by atoms with Gasteiger partial charge in [-0.2, -0.15) is 0 Å². The molecule has 0 radical (unpaired) electrons. The Bertz CT molecular complexity index is 609. The van der Waals surface area contributed by atoms with Crippen molar-refractivity contribution in [2.75, 3.05) is 13.2 Å². The minimum atomic E-state index is -0.631. The van der Waals surface area contributed by atoms with E-state index in [1.54, 1.807) is 17.0 Å². The molecule has 2 amide bonds. The van der Waals surface area contributed by atoms with Gasteiger partial charge >= 0.3 is 0 Å². The molecule has 25 heavy (non-hydrogen) atoms. The van der Waals surface area contributed by atoms with Gasteiger partial charge in [-0.25, -0.2) is 0 Å². The first-order valence-corrected chi connectivity index (χ1v) is 9.38. The fraction of sp³-hybridized carbons (Fsp3) is 0.600. The van der Waals surface area contributed by atoms with Crippen LogP contribution >= 0.6 is 0 Å². The van der Waals surface area contributed by atoms with E-state index in [0.717, 1.165) is 32.1 Å². The van der Waals surface area contributed by atoms with Crippen molar-refractivity contribution in [3.8, 4) is 0 Å². The topological polar surface area (TPSA) is 58.6 Å². The molecule has 2 aliphatic rings. The fourth-order valence-corrected chi connectivity index (χ4v) is 3.87. The Morgan fingerprint density at radius 2 is 1.92 bits per heavy atom. The maximum atomic E-state index is 13.3. The van der Waals surface area contributed by atoms with Crippen molar-refractivity contribution >= 4 is 11.8 Å². The molecule has 3 rings (SSSR count). The monoisotopic (exact) mass is 344 g/mol. The molecule has 1 unspecified atom stereocenters. The van der Waals surface area contributed by atoms with Gasteiger partial charge in [-0.3, -0.25) is 14.5 Å². The molecule has 5 heteroatoms. The molecule has 1 aromatic carbocycles. The Balaban J connectivity index is 1.89. The highest BCUT2D eigenvalue weighted by atomic mass is 16.5. The number of amides is 2. The van der Waals surface area contributed by atoms with Crippen LogP contribution in [0.5, 0.6) is 0 Å². The number of hydrogen-bond acceptors (Lipinski definition) is 3. The van der Waals surface area contributed by atoms with E-state index in [1.807, 2.05) is 25.1 Å². The second-order valence-corrected chi connectivity index (χ2v) is 7.29. The minimum absolute atomic E-state index is 0.107. The lowest BCUT2D eigenvalue weighted by molar-refractivity contribution is -0.127. The van der Waals surface area contributed by atoms with E-state index < -0.39 is 11.8 Å². The highest BCUT2D eigenvalue weighted by Crippen LogP contribution is 2.43. The summed E-state index contributed by atoms with van der Waals surface area (Å²) in [5.74, 6) is 0.418. The van der Waals surface area contributed by atoms with E-state index >= 15 is 0 Å². The summed E-state index contributed by atoms with van der Waals surface area (Å²) in [6.45, 7) is 5.15. The van der Waals surface area contributed by atoms with Crippen molar-refractivity contribution in [3.05, 3.63) is 35.9 Å². The number of carbonyl (C=O) groups excluding carboxylic acids is 2. The summed E-state index contributed by atoms with van der Waals surface area (Å²) in [6.07, 6.45) is 4.49. The number of ether oxygens (including phenoxy) is 1. The van der Waals surface area contributed by atoms with Crippen LogP contribution in [0.3, 0.4) is 0 Å². The van der Waals surface area contributed by atoms with Gasteiger partial charge in [0.15, 0.2) is 0 Å². The van der Waals surface area contributed by atoms with Crippen molar-refractivity contribution in [1.29, 1.82) is 0 Å². The third kappa shape index (κ3) is 3.56. The minimum Gasteiger partial charge on any atom is -0.354 e. The highest BCUT2D eigenvalue weighted by molar-refractivity contribution is 5.98. The third-order valence-electron chi connectivity index (χ3n) is 5.41. The zero-order valence-electron chi connectivity index (χ0n) is 15.2. The normalized spacial score (nSPS) is 29.0. The number of nitrogens with one attached hydrogen (secondary N) is 1. The zero-order valence-corrected chi connectivity index (χ0v) is 15.2. The molecule has 2 fully saturated rings. The molecule has 1 N–H and O–H groups in total. The largest absolute Gasteiger partial charge is 0.354 e. The molecule has 1 aliphatic heterocycles. The van der Waals surface area contributed by atoms with Gasteiger partial charge in [-0.15, -0.1) is 0 Å². The summed E-state index contributed by atoms with van der Waals surface area (Å²) in [7, 11) is 0. The molecule has 1 saturated carbocycles. The summed E-state index contributed by atoms with van der Waals surface area (Å²) in [5.41, 5.74) is -0.0208. The van der Waals surface area contributed by atoms with Crippen molar-refractivity contribution in [2.45, 2.75) is 57.7 Å². The lowest BCUT2D eigenvalue weighted by Crippen LogP contribution is -2.56. The summed E-state index contributed by atoms with van der Waals surface area (Å²) in [6, 6.07) is 8.66. The molecule has 1 aromatic rings. The Morgan fingerprint density at radius 3 is 2.56 bits per heavy atom. The van der Waals surface area contributed by atoms with Crippen LogP contribution in [-0.2, 0) is 9.53 Å². The molecule has 1 aliphatic carbocycles. The maximum Gasteiger partial charge on any atom is 0.256 e. The predicted octanol–water partition coefficient (Wildman–Crippen LogP) is 2.96. The molecule has 1 spiro atoms. The van der Waals surface area contributed by atoms with Gasteiger partial charge in [0.2, 0.25) is 5.91 Å². The molecule has 5 nitrogen and oxygen atoms in total. The van der Waals surface area contributed by atoms with Crippen LogP contribution in [0.15, 0.2) is 30.3 Å². The number of nitrogens with zero attached hydrogens (tertiary/aromatic N) is 1. The van der Waals surface area contributed by atoms with Crippen LogP contribution in [-0.4, -0.2) is 41.6 Å². The van der Waals surface area contributed by atoms with Crippen LogP contribution in [0.1, 0.15) is 56.3 Å². The average molecular weight is 344 g/mol. The van der Waals surface area contributed by atoms with Crippen molar-refractivity contribution in [1.82, 2.24) is 10.2 Å². The molecule has 0 bridgehead atoms. The molecule has 1 saturated heterocycles. The lowest BCUT2D eigenvalue weighted by Gasteiger charge is -2.43. The first-order chi connectivity index (χ1) is 12.1. The first-order valence-electron chi connectivity index (χ1n) is 9.38. The number of hydrogen-bond donors (Lipinski definition) is 1. The molecular weight excluding hydrogens is 316 g/mol. The lowest BCUT2D eigenvalue weighted by atomic mass is 9.83. The second kappa shape index (κ2) is 7.56. The van der Waals surface area contributed by atoms with E-state index in [0.29, 0.717) is 18.0 Å². The van der Waals surface area contributed by atoms with Gasteiger partial charge in [0.25, 0.3) is 5.91 Å². The fourth-order valence-electron chi connectivity index (χ4n) is 3.87. The van der Waals surface area contributed by atoms with E-state index in [2.05, 4.69) is 12.2 Å². The molecule has 0 aromatic heterocycles. The van der Waals surface area contributed by atoms with Crippen LogP contribution in [0.4, 0.5) is 0 Å². The summed E-state index contributed by atoms with van der Waals surface area (Å²) < 4.78 is 6.14. The van der Waals surface area contributed by atoms with Crippen molar-refractivity contribution in [2.24, 2.45) is 5.92 Å². The molecule has 1 heterocycles. The van der Waals surface area contributed by atoms with Crippen LogP contribution in [0.25, 0.3) is 0 Å². The molecule has 1 atom stereocenters. The number of benzene rings is 1. The Labute approximate surface area is 149 Å². The Morgan fingerprint density at radius 1 is 1.24 bits per heavy atom. The average Bonchev–Trinajstić information content (AvgIpc) is 3.01. The van der Waals surface area contributed by atoms with Gasteiger partial charge in [-0.05, 0) is 50.2 Å². The van der Waals surface area contributed by atoms with Crippen molar-refractivity contribution in [3.63, 3.8) is 0 Å². The summed E-state index contributed by atoms with van der Waals surface area (Å²) >= 11 is 0. The van der Waals surface area contributed by atoms with E-state index in [1.165, 1.54) is 0 Å². The second-order valence-electron chi connectivity index (χ2n) is 7.29.